The van der Waals surface area contributed by atoms with Gasteiger partial charge in [-0.1, -0.05) is 18.6 Å². The molecular formula is C14H18N2O2S. The van der Waals surface area contributed by atoms with Gasteiger partial charge < -0.3 is 11.1 Å². The highest BCUT2D eigenvalue weighted by atomic mass is 32.2. The first-order chi connectivity index (χ1) is 9.16. The molecule has 0 aromatic heterocycles. The van der Waals surface area contributed by atoms with Gasteiger partial charge in [-0.2, -0.15) is 0 Å². The lowest BCUT2D eigenvalue weighted by Gasteiger charge is -2.12. The van der Waals surface area contributed by atoms with Gasteiger partial charge in [0.1, 0.15) is 0 Å². The molecule has 1 fully saturated rings. The maximum Gasteiger partial charge on any atom is 0.248 e. The minimum absolute atomic E-state index is 0.0401. The van der Waals surface area contributed by atoms with Crippen LogP contribution in [0, 0.1) is 0 Å². The molecule has 0 spiro atoms. The molecule has 1 aliphatic heterocycles. The average Bonchev–Trinajstić information content (AvgIpc) is 2.61. The molecule has 1 aromatic carbocycles. The van der Waals surface area contributed by atoms with Crippen LogP contribution in [0.4, 0.5) is 0 Å². The zero-order valence-electron chi connectivity index (χ0n) is 10.7. The molecule has 0 saturated carbocycles. The smallest absolute Gasteiger partial charge is 0.248 e. The summed E-state index contributed by atoms with van der Waals surface area (Å²) in [7, 11) is 0. The minimum atomic E-state index is -0.414. The third kappa shape index (κ3) is 3.99. The van der Waals surface area contributed by atoms with Crippen molar-refractivity contribution in [3.8, 4) is 0 Å². The van der Waals surface area contributed by atoms with Crippen molar-refractivity contribution in [2.24, 2.45) is 5.73 Å². The number of rotatable bonds is 4. The summed E-state index contributed by atoms with van der Waals surface area (Å²) >= 11 is 1.66. The Morgan fingerprint density at radius 1 is 1.32 bits per heavy atom. The minimum Gasteiger partial charge on any atom is -0.366 e. The Bertz CT molecular complexity index is 459. The lowest BCUT2D eigenvalue weighted by atomic mass is 10.1. The molecule has 1 aromatic rings. The largest absolute Gasteiger partial charge is 0.366 e. The first-order valence-electron chi connectivity index (χ1n) is 6.45. The molecule has 0 bridgehead atoms. The zero-order chi connectivity index (χ0) is 13.7. The van der Waals surface area contributed by atoms with Crippen LogP contribution >= 0.6 is 11.8 Å². The molecule has 4 nitrogen and oxygen atoms in total. The second kappa shape index (κ2) is 6.61. The molecular weight excluding hydrogens is 260 g/mol. The van der Waals surface area contributed by atoms with Crippen molar-refractivity contribution < 1.29 is 9.59 Å². The molecule has 5 heteroatoms. The molecule has 1 aliphatic rings. The maximum atomic E-state index is 11.8. The van der Waals surface area contributed by atoms with Crippen LogP contribution in [0.5, 0.6) is 0 Å². The number of primary amides is 1. The number of carbonyl (C=O) groups is 2. The lowest BCUT2D eigenvalue weighted by molar-refractivity contribution is -0.120. The second-order valence-corrected chi connectivity index (χ2v) is 5.84. The highest BCUT2D eigenvalue weighted by molar-refractivity contribution is 7.99. The molecule has 1 heterocycles. The van der Waals surface area contributed by atoms with E-state index in [2.05, 4.69) is 5.32 Å². The Kier molecular flexibility index (Phi) is 4.85. The van der Waals surface area contributed by atoms with Crippen LogP contribution in [0.25, 0.3) is 0 Å². The Labute approximate surface area is 117 Å². The Balaban J connectivity index is 1.90. The summed E-state index contributed by atoms with van der Waals surface area (Å²) in [5.74, 6) is 0.510. The van der Waals surface area contributed by atoms with E-state index in [1.54, 1.807) is 23.9 Å². The Hall–Kier alpha value is -1.49. The van der Waals surface area contributed by atoms with E-state index in [4.69, 9.17) is 5.73 Å². The van der Waals surface area contributed by atoms with E-state index in [0.29, 0.717) is 5.56 Å². The molecule has 2 amide bonds. The van der Waals surface area contributed by atoms with Gasteiger partial charge in [0.2, 0.25) is 11.8 Å². The highest BCUT2D eigenvalue weighted by Crippen LogP contribution is 2.24. The van der Waals surface area contributed by atoms with Crippen molar-refractivity contribution in [3.05, 3.63) is 35.4 Å². The van der Waals surface area contributed by atoms with Gasteiger partial charge in [-0.15, -0.1) is 11.8 Å². The van der Waals surface area contributed by atoms with E-state index >= 15 is 0 Å². The quantitative estimate of drug-likeness (QED) is 0.880. The predicted molar refractivity (Wildman–Crippen MR) is 76.9 cm³/mol. The molecule has 1 unspecified atom stereocenters. The number of nitrogens with one attached hydrogen (secondary N) is 1. The number of thioether (sulfide) groups is 1. The highest BCUT2D eigenvalue weighted by Gasteiger charge is 2.20. The summed E-state index contributed by atoms with van der Waals surface area (Å²) in [4.78, 5) is 22.7. The number of hydrogen-bond acceptors (Lipinski definition) is 3. The molecule has 3 N–H and O–H groups in total. The third-order valence-electron chi connectivity index (χ3n) is 3.17. The number of nitrogens with two attached hydrogens (primary N) is 1. The van der Waals surface area contributed by atoms with Gasteiger partial charge in [-0.25, -0.2) is 0 Å². The van der Waals surface area contributed by atoms with Gasteiger partial charge >= 0.3 is 0 Å². The summed E-state index contributed by atoms with van der Waals surface area (Å²) in [6.45, 7) is 0.795. The molecule has 0 radical (unpaired) electrons. The Morgan fingerprint density at radius 2 is 2.05 bits per heavy atom. The van der Waals surface area contributed by atoms with E-state index < -0.39 is 5.91 Å². The molecule has 1 atom stereocenters. The van der Waals surface area contributed by atoms with Crippen molar-refractivity contribution in [1.82, 2.24) is 5.32 Å². The van der Waals surface area contributed by atoms with Crippen LogP contribution in [-0.4, -0.2) is 23.6 Å². The van der Waals surface area contributed by atoms with E-state index in [1.165, 1.54) is 0 Å². The summed E-state index contributed by atoms with van der Waals surface area (Å²) in [6, 6.07) is 7.24. The molecule has 0 aliphatic carbocycles. The van der Waals surface area contributed by atoms with Crippen LogP contribution in [0.2, 0.25) is 0 Å². The summed E-state index contributed by atoms with van der Waals surface area (Å²) in [5, 5.41) is 2.97. The van der Waals surface area contributed by atoms with Crippen LogP contribution in [0.1, 0.15) is 35.2 Å². The Morgan fingerprint density at radius 3 is 2.74 bits per heavy atom. The number of hydrogen-bond donors (Lipinski definition) is 2. The number of benzene rings is 1. The van der Waals surface area contributed by atoms with Gasteiger partial charge in [-0.3, -0.25) is 9.59 Å². The summed E-state index contributed by atoms with van der Waals surface area (Å²) in [5.41, 5.74) is 6.81. The van der Waals surface area contributed by atoms with Gasteiger partial charge in [0.05, 0.1) is 5.25 Å². The molecule has 2 rings (SSSR count). The average molecular weight is 278 g/mol. The third-order valence-corrected chi connectivity index (χ3v) is 4.53. The van der Waals surface area contributed by atoms with E-state index in [9.17, 15) is 9.59 Å². The van der Waals surface area contributed by atoms with E-state index in [0.717, 1.165) is 37.1 Å². The summed E-state index contributed by atoms with van der Waals surface area (Å²) in [6.07, 6.45) is 3.10. The summed E-state index contributed by atoms with van der Waals surface area (Å²) < 4.78 is 0. The number of carbonyl (C=O) groups excluding carboxylic acids is 2. The SMILES string of the molecule is NC(=O)c1ccc(CSC2CCCCNC2=O)cc1. The van der Waals surface area contributed by atoms with Crippen LogP contribution in [-0.2, 0) is 10.5 Å². The van der Waals surface area contributed by atoms with E-state index in [1.807, 2.05) is 12.1 Å². The van der Waals surface area contributed by atoms with Crippen molar-refractivity contribution in [2.75, 3.05) is 6.54 Å². The molecule has 19 heavy (non-hydrogen) atoms. The van der Waals surface area contributed by atoms with Crippen molar-refractivity contribution >= 4 is 23.6 Å². The van der Waals surface area contributed by atoms with Crippen LogP contribution in [0.15, 0.2) is 24.3 Å². The first kappa shape index (κ1) is 13.9. The first-order valence-corrected chi connectivity index (χ1v) is 7.50. The van der Waals surface area contributed by atoms with Crippen molar-refractivity contribution in [2.45, 2.75) is 30.3 Å². The topological polar surface area (TPSA) is 72.2 Å². The standard InChI is InChI=1S/C14H18N2O2S/c15-13(17)11-6-4-10(5-7-11)9-19-12-3-1-2-8-16-14(12)18/h4-7,12H,1-3,8-9H2,(H2,15,17)(H,16,18). The van der Waals surface area contributed by atoms with E-state index in [-0.39, 0.29) is 11.2 Å². The normalized spacial score (nSPS) is 19.6. The maximum absolute atomic E-state index is 11.8. The van der Waals surface area contributed by atoms with Crippen molar-refractivity contribution in [1.29, 1.82) is 0 Å². The van der Waals surface area contributed by atoms with Gasteiger partial charge in [0.25, 0.3) is 0 Å². The predicted octanol–water partition coefficient (Wildman–Crippen LogP) is 1.69. The van der Waals surface area contributed by atoms with Gasteiger partial charge in [0, 0.05) is 17.9 Å². The van der Waals surface area contributed by atoms with Crippen LogP contribution < -0.4 is 11.1 Å². The fourth-order valence-corrected chi connectivity index (χ4v) is 3.19. The molecule has 1 saturated heterocycles. The lowest BCUT2D eigenvalue weighted by Crippen LogP contribution is -2.30. The fraction of sp³-hybridized carbons (Fsp3) is 0.429. The number of amides is 2. The monoisotopic (exact) mass is 278 g/mol. The van der Waals surface area contributed by atoms with Crippen LogP contribution in [0.3, 0.4) is 0 Å². The molecule has 102 valence electrons. The second-order valence-electron chi connectivity index (χ2n) is 4.65. The van der Waals surface area contributed by atoms with Gasteiger partial charge in [-0.05, 0) is 30.5 Å². The van der Waals surface area contributed by atoms with Crippen molar-refractivity contribution in [3.63, 3.8) is 0 Å². The zero-order valence-corrected chi connectivity index (χ0v) is 11.5. The van der Waals surface area contributed by atoms with Gasteiger partial charge in [0.15, 0.2) is 0 Å². The fourth-order valence-electron chi connectivity index (χ4n) is 2.03.